The highest BCUT2D eigenvalue weighted by Crippen LogP contribution is 2.32. The molecule has 0 aliphatic carbocycles. The molecule has 1 amide bonds. The predicted molar refractivity (Wildman–Crippen MR) is 102 cm³/mol. The summed E-state index contributed by atoms with van der Waals surface area (Å²) in [6.45, 7) is 5.47. The van der Waals surface area contributed by atoms with Gasteiger partial charge in [0.15, 0.2) is 0 Å². The molecule has 0 aliphatic rings. The van der Waals surface area contributed by atoms with E-state index < -0.39 is 11.4 Å². The molecule has 2 aromatic carbocycles. The first-order valence-corrected chi connectivity index (χ1v) is 8.69. The van der Waals surface area contributed by atoms with Crippen LogP contribution in [0.25, 0.3) is 10.9 Å². The summed E-state index contributed by atoms with van der Waals surface area (Å²) >= 11 is 0. The molecule has 0 aliphatic heterocycles. The number of fused-ring (bicyclic) bond motifs is 1. The number of para-hydroxylation sites is 1. The molecule has 140 valence electrons. The number of aromatic amines is 1. The first kappa shape index (κ1) is 18.6. The van der Waals surface area contributed by atoms with Gasteiger partial charge in [-0.05, 0) is 56.7 Å². The number of benzene rings is 2. The van der Waals surface area contributed by atoms with Gasteiger partial charge in [0.2, 0.25) is 5.91 Å². The monoisotopic (exact) mass is 368 g/mol. The van der Waals surface area contributed by atoms with E-state index in [0.717, 1.165) is 5.52 Å². The largest absolute Gasteiger partial charge is 0.462 e. The minimum atomic E-state index is -0.964. The number of aromatic nitrogens is 1. The van der Waals surface area contributed by atoms with E-state index in [1.165, 1.54) is 12.1 Å². The highest BCUT2D eigenvalue weighted by atomic mass is 19.1. The maximum atomic E-state index is 13.7. The standard InChI is InChI=1S/C21H21FN2O3/c1-4-27-19(25)14-7-5-6-8-18(14)24-20(26)21(2,3)16-12-23-17-10-9-13(22)11-15(16)17/h5-12,23H,4H2,1-3H3,(H,24,26). The number of hydrogen-bond acceptors (Lipinski definition) is 3. The number of hydrogen-bond donors (Lipinski definition) is 2. The molecule has 3 rings (SSSR count). The van der Waals surface area contributed by atoms with E-state index in [1.807, 2.05) is 0 Å². The number of amides is 1. The number of H-pyrrole nitrogens is 1. The second-order valence-corrected chi connectivity index (χ2v) is 6.74. The Kier molecular flexibility index (Phi) is 4.99. The fraction of sp³-hybridized carbons (Fsp3) is 0.238. The number of esters is 1. The van der Waals surface area contributed by atoms with E-state index in [4.69, 9.17) is 4.74 Å². The van der Waals surface area contributed by atoms with E-state index in [9.17, 15) is 14.0 Å². The maximum absolute atomic E-state index is 13.7. The Bertz CT molecular complexity index is 1010. The van der Waals surface area contributed by atoms with Crippen molar-refractivity contribution in [1.29, 1.82) is 0 Å². The lowest BCUT2D eigenvalue weighted by atomic mass is 9.83. The van der Waals surface area contributed by atoms with Gasteiger partial charge in [0.05, 0.1) is 23.3 Å². The van der Waals surface area contributed by atoms with Crippen molar-refractivity contribution in [3.05, 3.63) is 65.6 Å². The van der Waals surface area contributed by atoms with Gasteiger partial charge in [-0.2, -0.15) is 0 Å². The second-order valence-electron chi connectivity index (χ2n) is 6.74. The van der Waals surface area contributed by atoms with Crippen LogP contribution in [0.15, 0.2) is 48.7 Å². The second kappa shape index (κ2) is 7.23. The molecule has 0 saturated heterocycles. The summed E-state index contributed by atoms with van der Waals surface area (Å²) < 4.78 is 18.7. The third-order valence-electron chi connectivity index (χ3n) is 4.56. The number of carbonyl (C=O) groups is 2. The lowest BCUT2D eigenvalue weighted by Gasteiger charge is -2.24. The fourth-order valence-corrected chi connectivity index (χ4v) is 2.99. The maximum Gasteiger partial charge on any atom is 0.340 e. The minimum Gasteiger partial charge on any atom is -0.462 e. The van der Waals surface area contributed by atoms with Crippen LogP contribution in [-0.2, 0) is 14.9 Å². The quantitative estimate of drug-likeness (QED) is 0.656. The molecule has 0 bridgehead atoms. The summed E-state index contributed by atoms with van der Waals surface area (Å²) in [4.78, 5) is 28.2. The number of halogens is 1. The van der Waals surface area contributed by atoms with Gasteiger partial charge in [-0.25, -0.2) is 9.18 Å². The number of nitrogens with one attached hydrogen (secondary N) is 2. The van der Waals surface area contributed by atoms with Crippen molar-refractivity contribution in [1.82, 2.24) is 4.98 Å². The molecule has 5 nitrogen and oxygen atoms in total. The SMILES string of the molecule is CCOC(=O)c1ccccc1NC(=O)C(C)(C)c1c[nH]c2ccc(F)cc12. The molecule has 0 atom stereocenters. The van der Waals surface area contributed by atoms with Crippen molar-refractivity contribution in [3.8, 4) is 0 Å². The van der Waals surface area contributed by atoms with Crippen LogP contribution in [0.5, 0.6) is 0 Å². The topological polar surface area (TPSA) is 71.2 Å². The van der Waals surface area contributed by atoms with Gasteiger partial charge in [-0.1, -0.05) is 12.1 Å². The van der Waals surface area contributed by atoms with Gasteiger partial charge in [-0.3, -0.25) is 4.79 Å². The van der Waals surface area contributed by atoms with Crippen molar-refractivity contribution < 1.29 is 18.7 Å². The summed E-state index contributed by atoms with van der Waals surface area (Å²) in [5.74, 6) is -1.18. The smallest absolute Gasteiger partial charge is 0.340 e. The average Bonchev–Trinajstić information content (AvgIpc) is 3.06. The minimum absolute atomic E-state index is 0.244. The van der Waals surface area contributed by atoms with Gasteiger partial charge in [0, 0.05) is 17.1 Å². The summed E-state index contributed by atoms with van der Waals surface area (Å²) in [7, 11) is 0. The Hall–Kier alpha value is -3.15. The summed E-state index contributed by atoms with van der Waals surface area (Å²) in [5, 5.41) is 3.46. The van der Waals surface area contributed by atoms with E-state index in [1.54, 1.807) is 57.3 Å². The summed E-state index contributed by atoms with van der Waals surface area (Å²) in [5.41, 5.74) is 1.12. The summed E-state index contributed by atoms with van der Waals surface area (Å²) in [6, 6.07) is 11.1. The van der Waals surface area contributed by atoms with Crippen molar-refractivity contribution >= 4 is 28.5 Å². The van der Waals surface area contributed by atoms with Gasteiger partial charge in [0.1, 0.15) is 5.82 Å². The molecule has 1 aromatic heterocycles. The molecule has 0 unspecified atom stereocenters. The Balaban J connectivity index is 1.94. The Labute approximate surface area is 156 Å². The lowest BCUT2D eigenvalue weighted by Crippen LogP contribution is -2.35. The molecule has 6 heteroatoms. The molecule has 3 aromatic rings. The van der Waals surface area contributed by atoms with Crippen LogP contribution in [-0.4, -0.2) is 23.5 Å². The van der Waals surface area contributed by atoms with Crippen LogP contribution >= 0.6 is 0 Å². The predicted octanol–water partition coefficient (Wildman–Crippen LogP) is 4.40. The first-order valence-electron chi connectivity index (χ1n) is 8.69. The first-order chi connectivity index (χ1) is 12.8. The number of rotatable bonds is 5. The Morgan fingerprint density at radius 2 is 1.93 bits per heavy atom. The van der Waals surface area contributed by atoms with Gasteiger partial charge in [-0.15, -0.1) is 0 Å². The van der Waals surface area contributed by atoms with Crippen LogP contribution in [0.2, 0.25) is 0 Å². The molecule has 2 N–H and O–H groups in total. The van der Waals surface area contributed by atoms with Gasteiger partial charge in [0.25, 0.3) is 0 Å². The van der Waals surface area contributed by atoms with Gasteiger partial charge >= 0.3 is 5.97 Å². The van der Waals surface area contributed by atoms with E-state index >= 15 is 0 Å². The van der Waals surface area contributed by atoms with E-state index in [0.29, 0.717) is 16.6 Å². The van der Waals surface area contributed by atoms with Crippen molar-refractivity contribution in [2.24, 2.45) is 0 Å². The summed E-state index contributed by atoms with van der Waals surface area (Å²) in [6.07, 6.45) is 1.71. The zero-order chi connectivity index (χ0) is 19.6. The molecule has 0 radical (unpaired) electrons. The van der Waals surface area contributed by atoms with Gasteiger partial charge < -0.3 is 15.0 Å². The zero-order valence-electron chi connectivity index (χ0n) is 15.4. The molecule has 1 heterocycles. The Morgan fingerprint density at radius 1 is 1.19 bits per heavy atom. The number of ether oxygens (including phenoxy) is 1. The van der Waals surface area contributed by atoms with Crippen molar-refractivity contribution in [2.75, 3.05) is 11.9 Å². The number of anilines is 1. The van der Waals surface area contributed by atoms with Crippen LogP contribution in [0, 0.1) is 5.82 Å². The van der Waals surface area contributed by atoms with Crippen LogP contribution in [0.1, 0.15) is 36.7 Å². The molecular weight excluding hydrogens is 347 g/mol. The van der Waals surface area contributed by atoms with Crippen LogP contribution in [0.3, 0.4) is 0 Å². The Morgan fingerprint density at radius 3 is 2.67 bits per heavy atom. The molecule has 0 saturated carbocycles. The highest BCUT2D eigenvalue weighted by molar-refractivity contribution is 6.06. The molecule has 27 heavy (non-hydrogen) atoms. The van der Waals surface area contributed by atoms with Crippen LogP contribution < -0.4 is 5.32 Å². The van der Waals surface area contributed by atoms with Crippen molar-refractivity contribution in [3.63, 3.8) is 0 Å². The number of carbonyl (C=O) groups excluding carboxylic acids is 2. The van der Waals surface area contributed by atoms with E-state index in [-0.39, 0.29) is 23.9 Å². The molecule has 0 fully saturated rings. The third kappa shape index (κ3) is 3.56. The van der Waals surface area contributed by atoms with E-state index in [2.05, 4.69) is 10.3 Å². The molecular formula is C21H21FN2O3. The zero-order valence-corrected chi connectivity index (χ0v) is 15.4. The fourth-order valence-electron chi connectivity index (χ4n) is 2.99. The molecule has 0 spiro atoms. The normalized spacial score (nSPS) is 11.4. The van der Waals surface area contributed by atoms with Crippen molar-refractivity contribution in [2.45, 2.75) is 26.2 Å². The lowest BCUT2D eigenvalue weighted by molar-refractivity contribution is -0.120. The average molecular weight is 368 g/mol. The van der Waals surface area contributed by atoms with Crippen LogP contribution in [0.4, 0.5) is 10.1 Å². The third-order valence-corrected chi connectivity index (χ3v) is 4.56. The highest BCUT2D eigenvalue weighted by Gasteiger charge is 2.33.